The Morgan fingerprint density at radius 3 is 2.43 bits per heavy atom. The Morgan fingerprint density at radius 1 is 1.33 bits per heavy atom. The number of carbonyl (C=O) groups excluding carboxylic acids is 1. The van der Waals surface area contributed by atoms with Crippen LogP contribution < -0.4 is 4.74 Å². The molecule has 0 radical (unpaired) electrons. The van der Waals surface area contributed by atoms with Gasteiger partial charge in [0.25, 0.3) is 5.91 Å². The molecule has 1 rings (SSSR count). The minimum atomic E-state index is -4.40. The van der Waals surface area contributed by atoms with Crippen molar-refractivity contribution in [3.8, 4) is 11.8 Å². The number of ether oxygens (including phenoxy) is 1. The lowest BCUT2D eigenvalue weighted by atomic mass is 10.2. The van der Waals surface area contributed by atoms with Gasteiger partial charge >= 0.3 is 6.18 Å². The molecule has 7 heteroatoms. The summed E-state index contributed by atoms with van der Waals surface area (Å²) in [4.78, 5) is 13.1. The van der Waals surface area contributed by atoms with E-state index in [4.69, 9.17) is 10.00 Å². The van der Waals surface area contributed by atoms with Gasteiger partial charge in [-0.3, -0.25) is 4.79 Å². The summed E-state index contributed by atoms with van der Waals surface area (Å²) in [5.41, 5.74) is -0.779. The van der Waals surface area contributed by atoms with Gasteiger partial charge < -0.3 is 9.64 Å². The highest BCUT2D eigenvalue weighted by Crippen LogP contribution is 2.30. The normalized spacial score (nSPS) is 10.8. The van der Waals surface area contributed by atoms with E-state index in [2.05, 4.69) is 0 Å². The maximum Gasteiger partial charge on any atom is 0.416 e. The van der Waals surface area contributed by atoms with Crippen LogP contribution in [0.2, 0.25) is 0 Å². The van der Waals surface area contributed by atoms with Gasteiger partial charge in [-0.1, -0.05) is 6.92 Å². The van der Waals surface area contributed by atoms with E-state index in [1.165, 1.54) is 4.90 Å². The van der Waals surface area contributed by atoms with Crippen molar-refractivity contribution in [2.24, 2.45) is 0 Å². The number of carbonyl (C=O) groups is 1. The Morgan fingerprint density at radius 2 is 1.95 bits per heavy atom. The second-order valence-electron chi connectivity index (χ2n) is 4.28. The summed E-state index contributed by atoms with van der Waals surface area (Å²) in [5, 5.41) is 8.61. The summed E-state index contributed by atoms with van der Waals surface area (Å²) < 4.78 is 42.3. The summed E-state index contributed by atoms with van der Waals surface area (Å²) in [6, 6.07) is 5.97. The zero-order valence-corrected chi connectivity index (χ0v) is 11.5. The first-order valence-corrected chi connectivity index (χ1v) is 6.33. The van der Waals surface area contributed by atoms with Crippen LogP contribution >= 0.6 is 0 Å². The fraction of sp³-hybridized carbons (Fsp3) is 0.429. The highest BCUT2D eigenvalue weighted by molar-refractivity contribution is 5.78. The molecule has 0 aromatic heterocycles. The van der Waals surface area contributed by atoms with E-state index in [1.54, 1.807) is 0 Å². The van der Waals surface area contributed by atoms with Gasteiger partial charge in [0.15, 0.2) is 6.61 Å². The minimum absolute atomic E-state index is 0.0386. The molecule has 1 aromatic carbocycles. The van der Waals surface area contributed by atoms with Crippen molar-refractivity contribution in [1.29, 1.82) is 5.26 Å². The van der Waals surface area contributed by atoms with Crippen molar-refractivity contribution in [3.05, 3.63) is 29.8 Å². The van der Waals surface area contributed by atoms with Crippen molar-refractivity contribution >= 4 is 5.91 Å². The van der Waals surface area contributed by atoms with Gasteiger partial charge in [-0.15, -0.1) is 0 Å². The zero-order valence-electron chi connectivity index (χ0n) is 11.5. The second kappa shape index (κ2) is 7.53. The first-order chi connectivity index (χ1) is 9.88. The number of hydrogen-bond acceptors (Lipinski definition) is 3. The molecule has 0 heterocycles. The van der Waals surface area contributed by atoms with Crippen LogP contribution in [0.4, 0.5) is 13.2 Å². The molecule has 114 valence electrons. The average molecular weight is 300 g/mol. The van der Waals surface area contributed by atoms with E-state index >= 15 is 0 Å². The maximum atomic E-state index is 12.4. The Labute approximate surface area is 120 Å². The molecule has 0 fully saturated rings. The van der Waals surface area contributed by atoms with Crippen molar-refractivity contribution < 1.29 is 22.7 Å². The number of rotatable bonds is 6. The molecule has 21 heavy (non-hydrogen) atoms. The largest absolute Gasteiger partial charge is 0.484 e. The van der Waals surface area contributed by atoms with Crippen LogP contribution in [0, 0.1) is 11.3 Å². The molecule has 0 aliphatic carbocycles. The Kier molecular flexibility index (Phi) is 6.03. The number of benzene rings is 1. The summed E-state index contributed by atoms with van der Waals surface area (Å²) in [6.07, 6.45) is -3.70. The molecule has 0 N–H and O–H groups in total. The lowest BCUT2D eigenvalue weighted by Gasteiger charge is -2.18. The fourth-order valence-corrected chi connectivity index (χ4v) is 1.62. The van der Waals surface area contributed by atoms with E-state index in [0.717, 1.165) is 24.3 Å². The Bertz CT molecular complexity index is 506. The summed E-state index contributed by atoms with van der Waals surface area (Å²) in [5.74, 6) is -0.206. The lowest BCUT2D eigenvalue weighted by Crippen LogP contribution is -2.35. The third-order valence-electron chi connectivity index (χ3n) is 2.65. The van der Waals surface area contributed by atoms with Gasteiger partial charge in [0.05, 0.1) is 11.6 Å². The molecule has 0 unspecified atom stereocenters. The zero-order chi connectivity index (χ0) is 15.9. The van der Waals surface area contributed by atoms with Gasteiger partial charge in [0.1, 0.15) is 12.3 Å². The van der Waals surface area contributed by atoms with E-state index in [0.29, 0.717) is 13.0 Å². The van der Waals surface area contributed by atoms with Gasteiger partial charge in [-0.25, -0.2) is 0 Å². The third-order valence-corrected chi connectivity index (χ3v) is 2.65. The Hall–Kier alpha value is -2.23. The van der Waals surface area contributed by atoms with Crippen molar-refractivity contribution in [2.45, 2.75) is 19.5 Å². The highest BCUT2D eigenvalue weighted by atomic mass is 19.4. The molecule has 0 atom stereocenters. The molecular formula is C14H15F3N2O2. The van der Waals surface area contributed by atoms with E-state index in [1.807, 2.05) is 13.0 Å². The van der Waals surface area contributed by atoms with Crippen LogP contribution in [0.5, 0.6) is 5.75 Å². The molecule has 4 nitrogen and oxygen atoms in total. The molecular weight excluding hydrogens is 285 g/mol. The monoisotopic (exact) mass is 300 g/mol. The van der Waals surface area contributed by atoms with E-state index < -0.39 is 11.7 Å². The van der Waals surface area contributed by atoms with Gasteiger partial charge in [-0.2, -0.15) is 18.4 Å². The van der Waals surface area contributed by atoms with Crippen molar-refractivity contribution in [2.75, 3.05) is 19.7 Å². The van der Waals surface area contributed by atoms with Crippen molar-refractivity contribution in [1.82, 2.24) is 4.90 Å². The average Bonchev–Trinajstić information content (AvgIpc) is 2.44. The van der Waals surface area contributed by atoms with E-state index in [-0.39, 0.29) is 24.8 Å². The number of nitriles is 1. The van der Waals surface area contributed by atoms with Crippen LogP contribution in [0.1, 0.15) is 18.9 Å². The van der Waals surface area contributed by atoms with Crippen LogP contribution in [0.25, 0.3) is 0 Å². The molecule has 0 aliphatic heterocycles. The quantitative estimate of drug-likeness (QED) is 0.759. The van der Waals surface area contributed by atoms with Gasteiger partial charge in [0, 0.05) is 6.54 Å². The number of nitrogens with zero attached hydrogens (tertiary/aromatic N) is 2. The highest BCUT2D eigenvalue weighted by Gasteiger charge is 2.30. The van der Waals surface area contributed by atoms with E-state index in [9.17, 15) is 18.0 Å². The number of alkyl halides is 3. The van der Waals surface area contributed by atoms with Gasteiger partial charge in [-0.05, 0) is 30.7 Å². The first kappa shape index (κ1) is 16.8. The van der Waals surface area contributed by atoms with Crippen LogP contribution in [-0.4, -0.2) is 30.5 Å². The molecule has 0 aliphatic rings. The smallest absolute Gasteiger partial charge is 0.416 e. The molecule has 1 amide bonds. The minimum Gasteiger partial charge on any atom is -0.484 e. The topological polar surface area (TPSA) is 53.3 Å². The summed E-state index contributed by atoms with van der Waals surface area (Å²) in [6.45, 7) is 1.95. The molecule has 0 saturated heterocycles. The Balaban J connectivity index is 2.58. The van der Waals surface area contributed by atoms with Crippen LogP contribution in [-0.2, 0) is 11.0 Å². The maximum absolute atomic E-state index is 12.4. The number of amides is 1. The molecule has 1 aromatic rings. The molecule has 0 saturated carbocycles. The third kappa shape index (κ3) is 5.34. The molecule has 0 spiro atoms. The van der Waals surface area contributed by atoms with Crippen LogP contribution in [0.3, 0.4) is 0 Å². The molecule has 0 bridgehead atoms. The number of hydrogen-bond donors (Lipinski definition) is 0. The van der Waals surface area contributed by atoms with Gasteiger partial charge in [0.2, 0.25) is 0 Å². The standard InChI is InChI=1S/C14H15F3N2O2/c1-2-8-19(9-7-18)13(20)10-21-12-5-3-11(4-6-12)14(15,16)17/h3-6H,2,8-10H2,1H3. The van der Waals surface area contributed by atoms with Crippen LogP contribution in [0.15, 0.2) is 24.3 Å². The summed E-state index contributed by atoms with van der Waals surface area (Å²) >= 11 is 0. The second-order valence-corrected chi connectivity index (χ2v) is 4.28. The lowest BCUT2D eigenvalue weighted by molar-refractivity contribution is -0.137. The predicted molar refractivity (Wildman–Crippen MR) is 69.4 cm³/mol. The number of halogens is 3. The summed E-state index contributed by atoms with van der Waals surface area (Å²) in [7, 11) is 0. The first-order valence-electron chi connectivity index (χ1n) is 6.33. The van der Waals surface area contributed by atoms with Crippen molar-refractivity contribution in [3.63, 3.8) is 0 Å². The fourth-order valence-electron chi connectivity index (χ4n) is 1.62. The SMILES string of the molecule is CCCN(CC#N)C(=O)COc1ccc(C(F)(F)F)cc1. The predicted octanol–water partition coefficient (Wildman–Crippen LogP) is 2.85.